The van der Waals surface area contributed by atoms with E-state index in [-0.39, 0.29) is 5.82 Å². The minimum Gasteiger partial charge on any atom is -0.380 e. The fourth-order valence-electron chi connectivity index (χ4n) is 1.47. The Balaban J connectivity index is 2.08. The number of benzene rings is 1. The van der Waals surface area contributed by atoms with E-state index in [1.54, 1.807) is 6.07 Å². The number of halogens is 2. The summed E-state index contributed by atoms with van der Waals surface area (Å²) in [6, 6.07) is 4.94. The maximum Gasteiger partial charge on any atom is 0.124 e. The van der Waals surface area contributed by atoms with Gasteiger partial charge in [-0.1, -0.05) is 11.6 Å². The molecule has 0 saturated carbocycles. The lowest BCUT2D eigenvalue weighted by atomic mass is 10.2. The lowest BCUT2D eigenvalue weighted by Crippen LogP contribution is -2.18. The molecule has 0 aromatic heterocycles. The lowest BCUT2D eigenvalue weighted by Gasteiger charge is -2.13. The third kappa shape index (κ3) is 2.34. The number of thioether (sulfide) groups is 1. The molecule has 0 aliphatic carbocycles. The lowest BCUT2D eigenvalue weighted by molar-refractivity contribution is 0.628. The molecule has 1 fully saturated rings. The second-order valence-corrected chi connectivity index (χ2v) is 4.89. The highest BCUT2D eigenvalue weighted by Gasteiger charge is 2.15. The fourth-order valence-corrected chi connectivity index (χ4v) is 2.85. The normalized spacial score (nSPS) is 21.1. The van der Waals surface area contributed by atoms with Gasteiger partial charge in [0.1, 0.15) is 5.82 Å². The van der Waals surface area contributed by atoms with Crippen LogP contribution in [0.4, 0.5) is 10.1 Å². The maximum absolute atomic E-state index is 12.7. The smallest absolute Gasteiger partial charge is 0.124 e. The Kier molecular flexibility index (Phi) is 3.19. The highest BCUT2D eigenvalue weighted by atomic mass is 35.5. The molecule has 4 heteroatoms. The van der Waals surface area contributed by atoms with Crippen molar-refractivity contribution in [2.45, 2.75) is 12.5 Å². The molecule has 14 heavy (non-hydrogen) atoms. The van der Waals surface area contributed by atoms with Crippen molar-refractivity contribution in [1.82, 2.24) is 0 Å². The van der Waals surface area contributed by atoms with Crippen molar-refractivity contribution in [3.63, 3.8) is 0 Å². The molecule has 0 spiro atoms. The van der Waals surface area contributed by atoms with Crippen LogP contribution in [-0.4, -0.2) is 17.5 Å². The summed E-state index contributed by atoms with van der Waals surface area (Å²) in [7, 11) is 0. The van der Waals surface area contributed by atoms with Gasteiger partial charge in [0.05, 0.1) is 10.7 Å². The van der Waals surface area contributed by atoms with E-state index in [1.165, 1.54) is 17.9 Å². The van der Waals surface area contributed by atoms with Gasteiger partial charge >= 0.3 is 0 Å². The largest absolute Gasteiger partial charge is 0.380 e. The molecule has 1 saturated heterocycles. The predicted molar refractivity (Wildman–Crippen MR) is 60.8 cm³/mol. The van der Waals surface area contributed by atoms with Gasteiger partial charge in [0.2, 0.25) is 0 Å². The maximum atomic E-state index is 12.7. The van der Waals surface area contributed by atoms with Crippen LogP contribution in [0.1, 0.15) is 6.42 Å². The SMILES string of the molecule is Fc1ccc(NC2CCSC2)c(Cl)c1. The molecule has 1 aliphatic rings. The molecule has 0 bridgehead atoms. The van der Waals surface area contributed by atoms with Crippen LogP contribution in [0.25, 0.3) is 0 Å². The van der Waals surface area contributed by atoms with Crippen molar-refractivity contribution in [3.8, 4) is 0 Å². The van der Waals surface area contributed by atoms with Gasteiger partial charge in [-0.25, -0.2) is 4.39 Å². The van der Waals surface area contributed by atoms with Crippen molar-refractivity contribution in [3.05, 3.63) is 29.0 Å². The standard InChI is InChI=1S/C10H11ClFNS/c11-9-5-7(12)1-2-10(9)13-8-3-4-14-6-8/h1-2,5,8,13H,3-4,6H2. The first-order chi connectivity index (χ1) is 6.75. The third-order valence-electron chi connectivity index (χ3n) is 2.22. The molecule has 1 N–H and O–H groups in total. The van der Waals surface area contributed by atoms with Gasteiger partial charge in [-0.05, 0) is 30.4 Å². The fraction of sp³-hybridized carbons (Fsp3) is 0.400. The predicted octanol–water partition coefficient (Wildman–Crippen LogP) is 3.40. The Morgan fingerprint density at radius 3 is 3.00 bits per heavy atom. The van der Waals surface area contributed by atoms with Crippen molar-refractivity contribution in [1.29, 1.82) is 0 Å². The molecular weight excluding hydrogens is 221 g/mol. The quantitative estimate of drug-likeness (QED) is 0.838. The number of rotatable bonds is 2. The highest BCUT2D eigenvalue weighted by molar-refractivity contribution is 7.99. The Morgan fingerprint density at radius 1 is 1.50 bits per heavy atom. The van der Waals surface area contributed by atoms with Crippen LogP contribution in [0.15, 0.2) is 18.2 Å². The Labute approximate surface area is 92.0 Å². The Bertz CT molecular complexity index is 326. The van der Waals surface area contributed by atoms with Crippen LogP contribution in [0.5, 0.6) is 0 Å². The van der Waals surface area contributed by atoms with Gasteiger partial charge in [0.15, 0.2) is 0 Å². The van der Waals surface area contributed by atoms with Gasteiger partial charge in [0.25, 0.3) is 0 Å². The van der Waals surface area contributed by atoms with Crippen LogP contribution < -0.4 is 5.32 Å². The summed E-state index contributed by atoms with van der Waals surface area (Å²) in [5.41, 5.74) is 0.834. The molecule has 1 aliphatic heterocycles. The van der Waals surface area contributed by atoms with E-state index in [0.29, 0.717) is 11.1 Å². The topological polar surface area (TPSA) is 12.0 Å². The third-order valence-corrected chi connectivity index (χ3v) is 3.70. The molecule has 1 aromatic carbocycles. The summed E-state index contributed by atoms with van der Waals surface area (Å²) < 4.78 is 12.7. The highest BCUT2D eigenvalue weighted by Crippen LogP contribution is 2.26. The van der Waals surface area contributed by atoms with E-state index in [9.17, 15) is 4.39 Å². The minimum absolute atomic E-state index is 0.290. The van der Waals surface area contributed by atoms with Crippen molar-refractivity contribution < 1.29 is 4.39 Å². The Morgan fingerprint density at radius 2 is 2.36 bits per heavy atom. The number of hydrogen-bond acceptors (Lipinski definition) is 2. The van der Waals surface area contributed by atoms with Crippen LogP contribution >= 0.6 is 23.4 Å². The summed E-state index contributed by atoms with van der Waals surface area (Å²) in [6.45, 7) is 0. The van der Waals surface area contributed by atoms with E-state index in [4.69, 9.17) is 11.6 Å². The second kappa shape index (κ2) is 4.41. The number of hydrogen-bond donors (Lipinski definition) is 1. The molecule has 1 atom stereocenters. The van der Waals surface area contributed by atoms with Crippen molar-refractivity contribution in [2.75, 3.05) is 16.8 Å². The van der Waals surface area contributed by atoms with Crippen molar-refractivity contribution >= 4 is 29.1 Å². The van der Waals surface area contributed by atoms with Gasteiger partial charge in [-0.2, -0.15) is 11.8 Å². The molecule has 1 unspecified atom stereocenters. The Hall–Kier alpha value is -0.410. The van der Waals surface area contributed by atoms with E-state index in [0.717, 1.165) is 17.9 Å². The van der Waals surface area contributed by atoms with E-state index in [1.807, 2.05) is 11.8 Å². The van der Waals surface area contributed by atoms with Gasteiger partial charge in [-0.15, -0.1) is 0 Å². The van der Waals surface area contributed by atoms with Crippen LogP contribution in [-0.2, 0) is 0 Å². The first-order valence-corrected chi connectivity index (χ1v) is 6.08. The summed E-state index contributed by atoms with van der Waals surface area (Å²) in [5, 5.41) is 3.78. The molecule has 0 amide bonds. The van der Waals surface area contributed by atoms with E-state index < -0.39 is 0 Å². The summed E-state index contributed by atoms with van der Waals surface area (Å²) >= 11 is 7.83. The first-order valence-electron chi connectivity index (χ1n) is 4.55. The molecule has 2 rings (SSSR count). The number of anilines is 1. The average Bonchev–Trinajstić information content (AvgIpc) is 2.62. The first kappa shape index (κ1) is 10.1. The zero-order chi connectivity index (χ0) is 9.97. The monoisotopic (exact) mass is 231 g/mol. The van der Waals surface area contributed by atoms with E-state index in [2.05, 4.69) is 5.32 Å². The molecular formula is C10H11ClFNS. The molecule has 1 aromatic rings. The van der Waals surface area contributed by atoms with Gasteiger partial charge in [0, 0.05) is 11.8 Å². The van der Waals surface area contributed by atoms with Gasteiger partial charge in [-0.3, -0.25) is 0 Å². The zero-order valence-corrected chi connectivity index (χ0v) is 9.17. The number of nitrogens with one attached hydrogen (secondary N) is 1. The van der Waals surface area contributed by atoms with Crippen LogP contribution in [0.2, 0.25) is 5.02 Å². The minimum atomic E-state index is -0.290. The second-order valence-electron chi connectivity index (χ2n) is 3.33. The average molecular weight is 232 g/mol. The van der Waals surface area contributed by atoms with Crippen LogP contribution in [0, 0.1) is 5.82 Å². The van der Waals surface area contributed by atoms with Gasteiger partial charge < -0.3 is 5.32 Å². The zero-order valence-electron chi connectivity index (χ0n) is 7.59. The van der Waals surface area contributed by atoms with Crippen LogP contribution in [0.3, 0.4) is 0 Å². The molecule has 76 valence electrons. The molecule has 0 radical (unpaired) electrons. The molecule has 1 nitrogen and oxygen atoms in total. The van der Waals surface area contributed by atoms with E-state index >= 15 is 0 Å². The molecule has 1 heterocycles. The van der Waals surface area contributed by atoms with Crippen molar-refractivity contribution in [2.24, 2.45) is 0 Å². The summed E-state index contributed by atoms with van der Waals surface area (Å²) in [6.07, 6.45) is 1.15. The summed E-state index contributed by atoms with van der Waals surface area (Å²) in [4.78, 5) is 0. The summed E-state index contributed by atoms with van der Waals surface area (Å²) in [5.74, 6) is 2.01.